The first-order valence-corrected chi connectivity index (χ1v) is 12.9. The summed E-state index contributed by atoms with van der Waals surface area (Å²) < 4.78 is 11.8. The first kappa shape index (κ1) is 24.6. The Kier molecular flexibility index (Phi) is 7.25. The third kappa shape index (κ3) is 5.23. The topological polar surface area (TPSA) is 80.4 Å². The van der Waals surface area contributed by atoms with Crippen LogP contribution < -0.4 is 10.1 Å². The van der Waals surface area contributed by atoms with Crippen LogP contribution in [0.25, 0.3) is 32.6 Å². The maximum Gasteiger partial charge on any atom is 0.348 e. The Bertz CT molecular complexity index is 1560. The molecule has 2 N–H and O–H groups in total. The molecule has 6 nitrogen and oxygen atoms in total. The van der Waals surface area contributed by atoms with Crippen molar-refractivity contribution in [1.82, 2.24) is 4.98 Å². The molecule has 0 aliphatic heterocycles. The minimum atomic E-state index is -0.384. The van der Waals surface area contributed by atoms with E-state index in [0.29, 0.717) is 22.9 Å². The SMILES string of the molecule is COC(=O)c1cc2[nH]c(-c3ccc(OCc4ccccc4)cc3NC(=O)CCl)c(-c3ccccc3)c2s1. The van der Waals surface area contributed by atoms with Crippen LogP contribution >= 0.6 is 22.9 Å². The lowest BCUT2D eigenvalue weighted by Crippen LogP contribution is -2.13. The third-order valence-electron chi connectivity index (χ3n) is 5.82. The first-order valence-electron chi connectivity index (χ1n) is 11.5. The number of fused-ring (bicyclic) bond motifs is 1. The Balaban J connectivity index is 1.62. The van der Waals surface area contributed by atoms with E-state index in [1.165, 1.54) is 18.4 Å². The van der Waals surface area contributed by atoms with Crippen LogP contribution in [-0.4, -0.2) is 29.9 Å². The second-order valence-corrected chi connectivity index (χ2v) is 9.57. The highest BCUT2D eigenvalue weighted by atomic mass is 35.5. The quantitative estimate of drug-likeness (QED) is 0.165. The molecule has 37 heavy (non-hydrogen) atoms. The number of amides is 1. The molecule has 0 aliphatic rings. The summed E-state index contributed by atoms with van der Waals surface area (Å²) in [5.74, 6) is -0.279. The standard InChI is InChI=1S/C29H23ClN2O4S/c1-35-29(34)24-15-23-28(37-24)26(19-10-6-3-7-11-19)27(32-23)21-13-12-20(14-22(21)31-25(33)16-30)36-17-18-8-4-2-5-9-18/h2-15,32H,16-17H2,1H3,(H,31,33). The van der Waals surface area contributed by atoms with Crippen molar-refractivity contribution in [1.29, 1.82) is 0 Å². The molecule has 0 saturated heterocycles. The van der Waals surface area contributed by atoms with Gasteiger partial charge in [0.05, 0.1) is 28.7 Å². The predicted octanol–water partition coefficient (Wildman–Crippen LogP) is 7.11. The molecule has 0 radical (unpaired) electrons. The Hall–Kier alpha value is -4.07. The fourth-order valence-electron chi connectivity index (χ4n) is 4.12. The van der Waals surface area contributed by atoms with Gasteiger partial charge in [-0.2, -0.15) is 0 Å². The second kappa shape index (κ2) is 10.9. The highest BCUT2D eigenvalue weighted by Crippen LogP contribution is 2.44. The van der Waals surface area contributed by atoms with Crippen LogP contribution in [0.5, 0.6) is 5.75 Å². The van der Waals surface area contributed by atoms with Crippen molar-refractivity contribution in [3.63, 3.8) is 0 Å². The molecule has 0 spiro atoms. The number of thiophene rings is 1. The number of rotatable bonds is 8. The maximum atomic E-state index is 12.3. The molecule has 0 saturated carbocycles. The number of alkyl halides is 1. The van der Waals surface area contributed by atoms with Gasteiger partial charge in [-0.25, -0.2) is 4.79 Å². The van der Waals surface area contributed by atoms with Crippen molar-refractivity contribution in [3.8, 4) is 28.1 Å². The molecule has 0 fully saturated rings. The fourth-order valence-corrected chi connectivity index (χ4v) is 5.29. The van der Waals surface area contributed by atoms with Gasteiger partial charge >= 0.3 is 5.97 Å². The lowest BCUT2D eigenvalue weighted by atomic mass is 10.00. The molecule has 0 aliphatic carbocycles. The van der Waals surface area contributed by atoms with Crippen molar-refractivity contribution in [2.75, 3.05) is 18.3 Å². The molecule has 5 rings (SSSR count). The van der Waals surface area contributed by atoms with Crippen molar-refractivity contribution in [2.45, 2.75) is 6.61 Å². The molecule has 0 bridgehead atoms. The monoisotopic (exact) mass is 530 g/mol. The van der Waals surface area contributed by atoms with Crippen LogP contribution in [-0.2, 0) is 16.1 Å². The number of carbonyl (C=O) groups is 2. The first-order chi connectivity index (χ1) is 18.1. The minimum absolute atomic E-state index is 0.178. The van der Waals surface area contributed by atoms with E-state index in [2.05, 4.69) is 10.3 Å². The molecule has 8 heteroatoms. The number of methoxy groups -OCH3 is 1. The van der Waals surface area contributed by atoms with Crippen LogP contribution in [0.2, 0.25) is 0 Å². The number of anilines is 1. The van der Waals surface area contributed by atoms with Crippen LogP contribution in [0.15, 0.2) is 84.9 Å². The van der Waals surface area contributed by atoms with E-state index in [1.54, 1.807) is 12.1 Å². The summed E-state index contributed by atoms with van der Waals surface area (Å²) in [5.41, 5.74) is 5.89. The number of esters is 1. The smallest absolute Gasteiger partial charge is 0.348 e. The van der Waals surface area contributed by atoms with Crippen LogP contribution in [0, 0.1) is 0 Å². The molecular weight excluding hydrogens is 508 g/mol. The van der Waals surface area contributed by atoms with Gasteiger partial charge in [0.15, 0.2) is 0 Å². The molecular formula is C29H23ClN2O4S. The van der Waals surface area contributed by atoms with Gasteiger partial charge in [-0.15, -0.1) is 22.9 Å². The molecule has 186 valence electrons. The summed E-state index contributed by atoms with van der Waals surface area (Å²) in [4.78, 5) is 28.5. The Morgan fingerprint density at radius 2 is 1.70 bits per heavy atom. The summed E-state index contributed by atoms with van der Waals surface area (Å²) in [7, 11) is 1.37. The van der Waals surface area contributed by atoms with Gasteiger partial charge < -0.3 is 19.8 Å². The summed E-state index contributed by atoms with van der Waals surface area (Å²) in [6.07, 6.45) is 0. The van der Waals surface area contributed by atoms with Gasteiger partial charge in [0, 0.05) is 17.2 Å². The number of nitrogens with one attached hydrogen (secondary N) is 2. The van der Waals surface area contributed by atoms with Crippen molar-refractivity contribution in [2.24, 2.45) is 0 Å². The van der Waals surface area contributed by atoms with E-state index < -0.39 is 0 Å². The van der Waals surface area contributed by atoms with E-state index in [-0.39, 0.29) is 17.8 Å². The number of hydrogen-bond donors (Lipinski definition) is 2. The average molecular weight is 531 g/mol. The maximum absolute atomic E-state index is 12.3. The number of ether oxygens (including phenoxy) is 2. The average Bonchev–Trinajstić information content (AvgIpc) is 3.51. The zero-order valence-electron chi connectivity index (χ0n) is 19.9. The second-order valence-electron chi connectivity index (χ2n) is 8.25. The predicted molar refractivity (Wildman–Crippen MR) is 149 cm³/mol. The normalized spacial score (nSPS) is 10.9. The number of benzene rings is 3. The molecule has 3 aromatic carbocycles. The molecule has 0 unspecified atom stereocenters. The lowest BCUT2D eigenvalue weighted by molar-refractivity contribution is -0.113. The Morgan fingerprint density at radius 3 is 2.41 bits per heavy atom. The minimum Gasteiger partial charge on any atom is -0.489 e. The number of carbonyl (C=O) groups excluding carboxylic acids is 2. The van der Waals surface area contributed by atoms with Gasteiger partial charge in [-0.3, -0.25) is 4.79 Å². The highest BCUT2D eigenvalue weighted by molar-refractivity contribution is 7.21. The van der Waals surface area contributed by atoms with Crippen LogP contribution in [0.1, 0.15) is 15.2 Å². The van der Waals surface area contributed by atoms with E-state index in [0.717, 1.165) is 38.2 Å². The van der Waals surface area contributed by atoms with E-state index in [9.17, 15) is 9.59 Å². The van der Waals surface area contributed by atoms with Crippen LogP contribution in [0.3, 0.4) is 0 Å². The van der Waals surface area contributed by atoms with Crippen molar-refractivity contribution < 1.29 is 19.1 Å². The van der Waals surface area contributed by atoms with E-state index in [1.807, 2.05) is 72.8 Å². The number of H-pyrrole nitrogens is 1. The number of aromatic amines is 1. The number of aromatic nitrogens is 1. The van der Waals surface area contributed by atoms with E-state index in [4.69, 9.17) is 21.1 Å². The van der Waals surface area contributed by atoms with Crippen molar-refractivity contribution in [3.05, 3.63) is 95.4 Å². The number of hydrogen-bond acceptors (Lipinski definition) is 5. The third-order valence-corrected chi connectivity index (χ3v) is 7.20. The molecule has 5 aromatic rings. The van der Waals surface area contributed by atoms with Gasteiger partial charge in [-0.1, -0.05) is 60.7 Å². The Morgan fingerprint density at radius 1 is 0.973 bits per heavy atom. The zero-order valence-corrected chi connectivity index (χ0v) is 21.5. The molecule has 2 aromatic heterocycles. The summed E-state index contributed by atoms with van der Waals surface area (Å²) in [6.45, 7) is 0.396. The van der Waals surface area contributed by atoms with E-state index >= 15 is 0 Å². The zero-order chi connectivity index (χ0) is 25.8. The fraction of sp³-hybridized carbons (Fsp3) is 0.103. The van der Waals surface area contributed by atoms with Gasteiger partial charge in [0.1, 0.15) is 23.1 Å². The molecule has 1 amide bonds. The van der Waals surface area contributed by atoms with Crippen molar-refractivity contribution >= 4 is 50.7 Å². The van der Waals surface area contributed by atoms with Gasteiger partial charge in [0.2, 0.25) is 5.91 Å². The molecule has 2 heterocycles. The largest absolute Gasteiger partial charge is 0.489 e. The number of halogens is 1. The Labute approximate surface area is 222 Å². The summed E-state index contributed by atoms with van der Waals surface area (Å²) in [5, 5.41) is 2.91. The summed E-state index contributed by atoms with van der Waals surface area (Å²) in [6, 6.07) is 27.1. The van der Waals surface area contributed by atoms with Crippen LogP contribution in [0.4, 0.5) is 5.69 Å². The summed E-state index contributed by atoms with van der Waals surface area (Å²) >= 11 is 7.18. The van der Waals surface area contributed by atoms with Gasteiger partial charge in [0.25, 0.3) is 0 Å². The molecule has 0 atom stereocenters. The van der Waals surface area contributed by atoms with Gasteiger partial charge in [-0.05, 0) is 29.3 Å². The lowest BCUT2D eigenvalue weighted by Gasteiger charge is -2.15. The highest BCUT2D eigenvalue weighted by Gasteiger charge is 2.22.